The molecule has 0 rings (SSSR count). The number of nitrogens with zero attached hydrogens (tertiary/aromatic N) is 1. The molecule has 0 fully saturated rings. The van der Waals surface area contributed by atoms with Crippen LogP contribution in [-0.2, 0) is 0 Å². The maximum atomic E-state index is 2.38. The van der Waals surface area contributed by atoms with Gasteiger partial charge in [-0.15, -0.1) is 0 Å². The fourth-order valence-corrected chi connectivity index (χ4v) is 0.671. The van der Waals surface area contributed by atoms with E-state index in [2.05, 4.69) is 25.7 Å². The Morgan fingerprint density at radius 3 is 1.00 bits per heavy atom. The van der Waals surface area contributed by atoms with Crippen LogP contribution in [0.5, 0.6) is 0 Å². The van der Waals surface area contributed by atoms with Crippen molar-refractivity contribution >= 4 is 0 Å². The highest BCUT2D eigenvalue weighted by molar-refractivity contribution is 4.43. The number of hydrogen-bond acceptors (Lipinski definition) is 1. The van der Waals surface area contributed by atoms with E-state index < -0.39 is 0 Å². The van der Waals surface area contributed by atoms with Gasteiger partial charge in [0.2, 0.25) is 0 Å². The van der Waals surface area contributed by atoms with Gasteiger partial charge in [-0.25, -0.2) is 0 Å². The van der Waals surface area contributed by atoms with Crippen molar-refractivity contribution in [3.63, 3.8) is 0 Å². The lowest BCUT2D eigenvalue weighted by Gasteiger charge is -2.13. The third-order valence-corrected chi connectivity index (χ3v) is 1.34. The van der Waals surface area contributed by atoms with Gasteiger partial charge in [0.1, 0.15) is 0 Å². The van der Waals surface area contributed by atoms with E-state index in [0.717, 1.165) is 0 Å². The van der Waals surface area contributed by atoms with Crippen LogP contribution in [0.15, 0.2) is 0 Å². The third kappa shape index (κ3) is 17.7. The smallest absolute Gasteiger partial charge is 1.00 e. The van der Waals surface area contributed by atoms with Crippen LogP contribution in [0.3, 0.4) is 0 Å². The lowest BCUT2D eigenvalue weighted by molar-refractivity contribution is -0.00100. The van der Waals surface area contributed by atoms with Crippen LogP contribution in [0.2, 0.25) is 0 Å². The van der Waals surface area contributed by atoms with Crippen LogP contribution in [0.25, 0.3) is 0 Å². The molecule has 76 valence electrons. The number of halogens is 4. The fourth-order valence-electron chi connectivity index (χ4n) is 0.671. The van der Waals surface area contributed by atoms with E-state index >= 15 is 0 Å². The first kappa shape index (κ1) is 31.0. The molecule has 0 N–H and O–H groups in total. The molecular formula is C6H19F4N. The summed E-state index contributed by atoms with van der Waals surface area (Å²) in [4.78, 5) is 2.38. The van der Waals surface area contributed by atoms with Crippen molar-refractivity contribution in [2.45, 2.75) is 20.8 Å². The average molecular weight is 181 g/mol. The molecule has 5 heteroatoms. The van der Waals surface area contributed by atoms with E-state index in [-0.39, 0.29) is 23.1 Å². The van der Waals surface area contributed by atoms with Gasteiger partial charge < -0.3 is 19.0 Å². The summed E-state index contributed by atoms with van der Waals surface area (Å²) in [5.41, 5.74) is 0. The number of rotatable bonds is 3. The van der Waals surface area contributed by atoms with Crippen molar-refractivity contribution in [1.29, 1.82) is 0 Å². The van der Waals surface area contributed by atoms with E-state index in [1.54, 1.807) is 0 Å². The molecule has 11 heavy (non-hydrogen) atoms. The Morgan fingerprint density at radius 1 is 0.818 bits per heavy atom. The molecule has 0 bridgehead atoms. The van der Waals surface area contributed by atoms with Gasteiger partial charge in [0.15, 0.2) is 0 Å². The number of hydrogen-bond donors (Lipinski definition) is 0. The van der Waals surface area contributed by atoms with Gasteiger partial charge in [0, 0.05) is 0 Å². The Hall–Kier alpha value is -0.320. The van der Waals surface area contributed by atoms with Crippen LogP contribution in [0, 0.1) is 0 Å². The highest BCUT2D eigenvalue weighted by Gasteiger charge is 1.89. The second-order valence-electron chi connectivity index (χ2n) is 1.62. The molecule has 0 amide bonds. The maximum absolute atomic E-state index is 2.38. The van der Waals surface area contributed by atoms with Crippen LogP contribution >= 0.6 is 0 Å². The van der Waals surface area contributed by atoms with Crippen LogP contribution in [-0.4, -0.2) is 24.5 Å². The van der Waals surface area contributed by atoms with Gasteiger partial charge in [-0.3, -0.25) is 4.70 Å². The van der Waals surface area contributed by atoms with Crippen molar-refractivity contribution in [1.82, 2.24) is 4.90 Å². The van der Waals surface area contributed by atoms with Crippen molar-refractivity contribution < 1.29 is 23.1 Å². The third-order valence-electron chi connectivity index (χ3n) is 1.34. The summed E-state index contributed by atoms with van der Waals surface area (Å²) >= 11 is 0. The molecule has 0 aromatic heterocycles. The zero-order chi connectivity index (χ0) is 5.70. The van der Waals surface area contributed by atoms with E-state index in [1.165, 1.54) is 19.6 Å². The Kier molecular flexibility index (Phi) is 63.7. The van der Waals surface area contributed by atoms with E-state index in [0.29, 0.717) is 0 Å². The molecule has 0 aliphatic heterocycles. The monoisotopic (exact) mass is 181 g/mol. The largest absolute Gasteiger partial charge is 1.00 e. The lowest BCUT2D eigenvalue weighted by Crippen LogP contribution is -3.00. The van der Waals surface area contributed by atoms with Crippen molar-refractivity contribution in [3.05, 3.63) is 0 Å². The highest BCUT2D eigenvalue weighted by atomic mass is 19.0. The Balaban J connectivity index is -0.00000000857. The zero-order valence-corrected chi connectivity index (χ0v) is 7.11. The van der Waals surface area contributed by atoms with Crippen LogP contribution in [0.1, 0.15) is 25.1 Å². The summed E-state index contributed by atoms with van der Waals surface area (Å²) in [5.74, 6) is 0. The zero-order valence-electron chi connectivity index (χ0n) is 10.1. The quantitative estimate of drug-likeness (QED) is 0.391. The summed E-state index contributed by atoms with van der Waals surface area (Å²) in [6.07, 6.45) is 0. The SMILES string of the molecule is CCN(CC)CC.F.[F-].[F-].[F-].[H+].[H+].[H+]. The molecule has 0 saturated heterocycles. The van der Waals surface area contributed by atoms with Gasteiger partial charge in [-0.2, -0.15) is 0 Å². The van der Waals surface area contributed by atoms with E-state index in [1.807, 2.05) is 0 Å². The molecule has 0 saturated carbocycles. The topological polar surface area (TPSA) is 3.24 Å². The summed E-state index contributed by atoms with van der Waals surface area (Å²) in [6.45, 7) is 10.1. The van der Waals surface area contributed by atoms with Crippen molar-refractivity contribution in [2.75, 3.05) is 19.6 Å². The standard InChI is InChI=1S/C6H15N.4FH/c1-4-7(5-2)6-3;;;;/h4-6H2,1-3H3;4*1H. The molecule has 0 spiro atoms. The first-order valence-electron chi connectivity index (χ1n) is 3.07. The normalized spacial score (nSPS) is 6.55. The second kappa shape index (κ2) is 22.6. The molecular weight excluding hydrogens is 162 g/mol. The summed E-state index contributed by atoms with van der Waals surface area (Å²) in [6, 6.07) is 0. The molecule has 0 atom stereocenters. The predicted molar refractivity (Wildman–Crippen MR) is 39.3 cm³/mol. The average Bonchev–Trinajstić information content (AvgIpc) is 1.72. The Bertz CT molecular complexity index is 46.5. The second-order valence-corrected chi connectivity index (χ2v) is 1.62. The van der Waals surface area contributed by atoms with Gasteiger partial charge in [-0.1, -0.05) is 20.8 Å². The summed E-state index contributed by atoms with van der Waals surface area (Å²) in [7, 11) is 0. The van der Waals surface area contributed by atoms with Crippen molar-refractivity contribution in [2.24, 2.45) is 0 Å². The minimum absolute atomic E-state index is 0. The van der Waals surface area contributed by atoms with Gasteiger partial charge in [0.25, 0.3) is 0 Å². The predicted octanol–water partition coefficient (Wildman–Crippen LogP) is -7.15. The first-order chi connectivity index (χ1) is 3.35. The van der Waals surface area contributed by atoms with Crippen molar-refractivity contribution in [3.8, 4) is 0 Å². The Labute approximate surface area is 69.7 Å². The van der Waals surface area contributed by atoms with E-state index in [4.69, 9.17) is 0 Å². The van der Waals surface area contributed by atoms with Gasteiger partial charge in [0.05, 0.1) is 0 Å². The Morgan fingerprint density at radius 2 is 1.00 bits per heavy atom. The van der Waals surface area contributed by atoms with Gasteiger partial charge in [-0.05, 0) is 19.6 Å². The minimum atomic E-state index is 0. The molecule has 0 aliphatic carbocycles. The molecule has 0 aromatic rings. The molecule has 0 radical (unpaired) electrons. The molecule has 0 aromatic carbocycles. The molecule has 0 unspecified atom stereocenters. The van der Waals surface area contributed by atoms with Crippen LogP contribution in [0.4, 0.5) is 4.70 Å². The lowest BCUT2D eigenvalue weighted by atomic mass is 10.5. The summed E-state index contributed by atoms with van der Waals surface area (Å²) < 4.78 is 0. The first-order valence-corrected chi connectivity index (χ1v) is 3.07. The molecule has 1 nitrogen and oxygen atoms in total. The highest BCUT2D eigenvalue weighted by Crippen LogP contribution is 1.81. The fraction of sp³-hybridized carbons (Fsp3) is 1.00. The van der Waals surface area contributed by atoms with Gasteiger partial charge >= 0.3 is 4.28 Å². The molecule has 0 aliphatic rings. The molecule has 0 heterocycles. The van der Waals surface area contributed by atoms with E-state index in [9.17, 15) is 0 Å². The van der Waals surface area contributed by atoms with Crippen LogP contribution < -0.4 is 14.1 Å². The maximum Gasteiger partial charge on any atom is 1.00 e. The minimum Gasteiger partial charge on any atom is -1.00 e. The summed E-state index contributed by atoms with van der Waals surface area (Å²) in [5, 5.41) is 0.